The molecule has 544 valence electrons. The van der Waals surface area contributed by atoms with Crippen molar-refractivity contribution < 1.29 is 31.6 Å². The zero-order chi connectivity index (χ0) is 77.4. The first kappa shape index (κ1) is 72.5. The van der Waals surface area contributed by atoms with Gasteiger partial charge in [0, 0.05) is 39.1 Å². The predicted molar refractivity (Wildman–Crippen MR) is 455 cm³/mol. The third kappa shape index (κ3) is 13.8. The average molecular weight is 1460 g/mol. The van der Waals surface area contributed by atoms with Crippen molar-refractivity contribution in [2.75, 3.05) is 0 Å². The molecule has 6 heterocycles. The van der Waals surface area contributed by atoms with Crippen LogP contribution < -0.4 is 22.8 Å². The van der Waals surface area contributed by atoms with E-state index in [9.17, 15) is 4.39 Å². The van der Waals surface area contributed by atoms with Gasteiger partial charge in [-0.2, -0.15) is 0 Å². The Morgan fingerprint density at radius 3 is 1.22 bits per heavy atom. The summed E-state index contributed by atoms with van der Waals surface area (Å²) in [5.74, 6) is -0.257. The Kier molecular flexibility index (Phi) is 19.9. The van der Waals surface area contributed by atoms with Gasteiger partial charge in [-0.1, -0.05) is 188 Å². The molecular formula is C100H86FN10O+5. The quantitative estimate of drug-likeness (QED) is 0.159. The molecule has 0 saturated carbocycles. The van der Waals surface area contributed by atoms with Crippen LogP contribution in [-0.2, 0) is 35.2 Å². The van der Waals surface area contributed by atoms with Gasteiger partial charge in [-0.3, -0.25) is 0 Å². The molecule has 0 N–H and O–H groups in total. The van der Waals surface area contributed by atoms with Crippen LogP contribution in [0.5, 0.6) is 0 Å². The minimum atomic E-state index is -0.257. The van der Waals surface area contributed by atoms with Crippen LogP contribution in [0.3, 0.4) is 0 Å². The highest BCUT2D eigenvalue weighted by Gasteiger charge is 2.25. The molecule has 11 nitrogen and oxygen atoms in total. The van der Waals surface area contributed by atoms with Crippen LogP contribution in [0.1, 0.15) is 38.9 Å². The van der Waals surface area contributed by atoms with Crippen molar-refractivity contribution in [2.24, 2.45) is 35.2 Å². The standard InChI is InChI=1S/C22H17N2O.3C20H17N2.C18H18FN2/c1-14-11-12-16-15-7-4-6-10-19(15)25-22(16)20(14)21-17-8-3-5-9-18(17)23-13-24(21)2;1-14-11-15-7-3-4-8-16(15)12-18(14)20-17-9-5-6-10-19(17)21-13-22(20)2;1-14-16-8-4-3-7-15(16)11-12-17(14)20-18-9-5-6-10-19(18)21-13-22(20)2;1-14-11-12-15-7-3-4-8-16(15)19(14)20-17-9-5-6-10-18(17)21-13-22(20)2;1-11-7-12(2)13(3)16(8-11)18-15-6-5-14(19)9-17(15)20-10-21(18)4/h3-13H,1-2H3;3*3-13H,1-2H3;5-10H,1-4H3/q5*+1. The zero-order valence-electron chi connectivity index (χ0n) is 65.1. The second-order valence-electron chi connectivity index (χ2n) is 29.2. The molecule has 0 fully saturated rings. The molecule has 0 aliphatic rings. The Hall–Kier alpha value is -13.7. The summed E-state index contributed by atoms with van der Waals surface area (Å²) >= 11 is 0. The number of hydrogen-bond acceptors (Lipinski definition) is 6. The summed E-state index contributed by atoms with van der Waals surface area (Å²) in [5, 5.41) is 15.6. The molecule has 12 heteroatoms. The summed E-state index contributed by atoms with van der Waals surface area (Å²) in [6, 6.07) is 93.9. The van der Waals surface area contributed by atoms with Crippen molar-refractivity contribution in [2.45, 2.75) is 48.5 Å². The van der Waals surface area contributed by atoms with Crippen LogP contribution in [0.15, 0.2) is 309 Å². The lowest BCUT2D eigenvalue weighted by atomic mass is 9.95. The topological polar surface area (TPSA) is 97.0 Å². The normalized spacial score (nSPS) is 11.3. The third-order valence-corrected chi connectivity index (χ3v) is 21.7. The fraction of sp³-hybridized carbons (Fsp3) is 0.120. The SMILES string of the molecule is Cc1c(-c2c3ccccc3nc[n+]2C)ccc2ccccc12.Cc1cc(C)c(C)c(-c2c3ccc(F)cc3nc[n+]2C)c1.Cc1cc2ccccc2cc1-c1c2ccccc2nc[n+]1C.Cc1ccc2c(oc3ccccc32)c1-c1c2ccccc2nc[n+]1C.Cc1ccc2ccccc2c1-c1c2ccccc2nc[n+]1C. The van der Waals surface area contributed by atoms with E-state index in [0.29, 0.717) is 5.52 Å². The van der Waals surface area contributed by atoms with Gasteiger partial charge >= 0.3 is 0 Å². The Morgan fingerprint density at radius 1 is 0.259 bits per heavy atom. The van der Waals surface area contributed by atoms with Crippen molar-refractivity contribution in [1.82, 2.24) is 24.9 Å². The molecule has 0 bridgehead atoms. The van der Waals surface area contributed by atoms with Gasteiger partial charge in [0.05, 0.1) is 67.7 Å². The molecule has 0 atom stereocenters. The average Bonchev–Trinajstić information content (AvgIpc) is 1.59. The largest absolute Gasteiger partial charge is 0.455 e. The summed E-state index contributed by atoms with van der Waals surface area (Å²) in [6.07, 6.45) is 9.31. The summed E-state index contributed by atoms with van der Waals surface area (Å²) in [4.78, 5) is 22.5. The first-order valence-corrected chi connectivity index (χ1v) is 37.8. The zero-order valence-corrected chi connectivity index (χ0v) is 65.1. The smallest absolute Gasteiger partial charge is 0.287 e. The van der Waals surface area contributed by atoms with E-state index in [1.165, 1.54) is 139 Å². The van der Waals surface area contributed by atoms with E-state index in [-0.39, 0.29) is 5.82 Å². The molecule has 0 amide bonds. The number of nitrogens with zero attached hydrogens (tertiary/aromatic N) is 10. The highest BCUT2D eigenvalue weighted by atomic mass is 19.1. The van der Waals surface area contributed by atoms with E-state index < -0.39 is 0 Å². The third-order valence-electron chi connectivity index (χ3n) is 21.7. The summed E-state index contributed by atoms with van der Waals surface area (Å²) in [6.45, 7) is 15.0. The Balaban J connectivity index is 0.000000106. The van der Waals surface area contributed by atoms with Crippen molar-refractivity contribution in [1.29, 1.82) is 0 Å². The van der Waals surface area contributed by atoms with E-state index in [4.69, 9.17) is 4.42 Å². The van der Waals surface area contributed by atoms with Gasteiger partial charge in [0.2, 0.25) is 0 Å². The number of fused-ring (bicyclic) bond motifs is 11. The van der Waals surface area contributed by atoms with Crippen LogP contribution in [0.4, 0.5) is 4.39 Å². The number of rotatable bonds is 5. The number of benzene rings is 14. The molecule has 20 rings (SSSR count). The van der Waals surface area contributed by atoms with Gasteiger partial charge in [-0.15, -0.1) is 0 Å². The van der Waals surface area contributed by atoms with Gasteiger partial charge in [0.25, 0.3) is 31.6 Å². The van der Waals surface area contributed by atoms with Crippen LogP contribution >= 0.6 is 0 Å². The Bertz CT molecular complexity index is 6910. The predicted octanol–water partition coefficient (Wildman–Crippen LogP) is 21.3. The van der Waals surface area contributed by atoms with Gasteiger partial charge in [0.1, 0.15) is 45.5 Å². The summed E-state index contributed by atoms with van der Waals surface area (Å²) < 4.78 is 30.1. The fourth-order valence-electron chi connectivity index (χ4n) is 16.0. The van der Waals surface area contributed by atoms with Crippen LogP contribution in [0.2, 0.25) is 0 Å². The molecule has 0 radical (unpaired) electrons. The first-order valence-electron chi connectivity index (χ1n) is 37.8. The Labute approximate surface area is 650 Å². The van der Waals surface area contributed by atoms with E-state index in [1.54, 1.807) is 6.33 Å². The van der Waals surface area contributed by atoms with Crippen molar-refractivity contribution in [3.63, 3.8) is 0 Å². The van der Waals surface area contributed by atoms with Crippen LogP contribution in [-0.4, -0.2) is 24.9 Å². The maximum Gasteiger partial charge on any atom is 0.287 e. The molecule has 6 aromatic heterocycles. The van der Waals surface area contributed by atoms with Gasteiger partial charge in [-0.25, -0.2) is 27.2 Å². The number of para-hydroxylation sites is 5. The number of hydrogen-bond donors (Lipinski definition) is 0. The van der Waals surface area contributed by atoms with Crippen molar-refractivity contribution in [3.05, 3.63) is 349 Å². The molecule has 0 spiro atoms. The highest BCUT2D eigenvalue weighted by molar-refractivity contribution is 6.12. The number of furan rings is 1. The number of aryl methyl sites for hydroxylation is 11. The minimum Gasteiger partial charge on any atom is -0.455 e. The van der Waals surface area contributed by atoms with E-state index in [2.05, 4.69) is 325 Å². The van der Waals surface area contributed by atoms with Gasteiger partial charge in [-0.05, 0) is 224 Å². The summed E-state index contributed by atoms with van der Waals surface area (Å²) in [5.41, 5.74) is 27.4. The van der Waals surface area contributed by atoms with Crippen LogP contribution in [0, 0.1) is 54.3 Å². The molecule has 0 saturated heterocycles. The van der Waals surface area contributed by atoms with E-state index in [0.717, 1.165) is 71.7 Å². The van der Waals surface area contributed by atoms with Gasteiger partial charge < -0.3 is 4.42 Å². The molecule has 112 heavy (non-hydrogen) atoms. The maximum atomic E-state index is 13.4. The Morgan fingerprint density at radius 2 is 0.652 bits per heavy atom. The maximum absolute atomic E-state index is 13.4. The second-order valence-corrected chi connectivity index (χ2v) is 29.2. The molecule has 0 aliphatic carbocycles. The molecule has 14 aromatic carbocycles. The summed E-state index contributed by atoms with van der Waals surface area (Å²) in [7, 11) is 10.2. The lowest BCUT2D eigenvalue weighted by Gasteiger charge is -2.12. The van der Waals surface area contributed by atoms with Crippen LogP contribution in [0.25, 0.3) is 165 Å². The van der Waals surface area contributed by atoms with Crippen molar-refractivity contribution in [3.8, 4) is 56.3 Å². The lowest BCUT2D eigenvalue weighted by molar-refractivity contribution is -0.662. The minimum absolute atomic E-state index is 0.257. The van der Waals surface area contributed by atoms with Gasteiger partial charge in [0.15, 0.2) is 27.6 Å². The highest BCUT2D eigenvalue weighted by Crippen LogP contribution is 2.41. The molecule has 0 unspecified atom stereocenters. The number of halogens is 1. The van der Waals surface area contributed by atoms with E-state index >= 15 is 0 Å². The van der Waals surface area contributed by atoms with Crippen molar-refractivity contribution >= 4 is 109 Å². The second kappa shape index (κ2) is 30.7. The lowest BCUT2D eigenvalue weighted by Crippen LogP contribution is -2.32. The fourth-order valence-corrected chi connectivity index (χ4v) is 16.0. The number of aromatic nitrogens is 10. The molecule has 20 aromatic rings. The molecule has 0 aliphatic heterocycles. The molecular weight excluding hydrogens is 1380 g/mol. The van der Waals surface area contributed by atoms with E-state index in [1.807, 2.05) is 92.5 Å². The monoisotopic (exact) mass is 1460 g/mol. The first-order chi connectivity index (χ1) is 54.5.